The Morgan fingerprint density at radius 1 is 0.821 bits per heavy atom. The van der Waals surface area contributed by atoms with Crippen LogP contribution in [0.2, 0.25) is 0 Å². The van der Waals surface area contributed by atoms with Gasteiger partial charge >= 0.3 is 57.4 Å². The minimum absolute atomic E-state index is 0. The first-order valence-electron chi connectivity index (χ1n) is 9.65. The molecule has 0 saturated carbocycles. The molecular weight excluding hydrogens is 732 g/mol. The van der Waals surface area contributed by atoms with Gasteiger partial charge in [-0.15, -0.1) is 0 Å². The van der Waals surface area contributed by atoms with Gasteiger partial charge in [-0.2, -0.15) is 15.8 Å². The number of esters is 1. The standard InChI is InChI=1S/C9H6BrNO2.C7H3BrFN.C7H4BrNO.C2H4O2.CH4.K/c1-6(12)13-9-7(5-11)3-2-4-8(9)10;8-6-3-1-2-5(4-10)7(6)9;8-6-3-1-2-5(4-9)7(6)10;1-2(3)4;;/h2-4H,1H3;1-3H;1-3,10H;1H3,(H,3,4);1H4;/q;;;;;+1/p-1. The van der Waals surface area contributed by atoms with Crippen molar-refractivity contribution < 1.29 is 80.3 Å². The van der Waals surface area contributed by atoms with E-state index >= 15 is 0 Å². The number of carboxylic acid groups (broad SMARTS) is 1. The van der Waals surface area contributed by atoms with Crippen LogP contribution in [-0.4, -0.2) is 17.0 Å². The van der Waals surface area contributed by atoms with E-state index in [1.54, 1.807) is 54.6 Å². The van der Waals surface area contributed by atoms with Crippen LogP contribution >= 0.6 is 47.8 Å². The summed E-state index contributed by atoms with van der Waals surface area (Å²) in [6.07, 6.45) is 0. The van der Waals surface area contributed by atoms with Gasteiger partial charge in [0, 0.05) is 12.9 Å². The number of aromatic hydroxyl groups is 1. The summed E-state index contributed by atoms with van der Waals surface area (Å²) in [6.45, 7) is 2.26. The number of nitrogens with zero attached hydrogens (tertiary/aromatic N) is 3. The maximum atomic E-state index is 12.7. The second-order valence-corrected chi connectivity index (χ2v) is 8.84. The number of phenols is 1. The maximum absolute atomic E-state index is 12.7. The fourth-order valence-electron chi connectivity index (χ4n) is 2.04. The molecule has 0 amide bonds. The second-order valence-electron chi connectivity index (χ2n) is 6.27. The maximum Gasteiger partial charge on any atom is 1.00 e. The van der Waals surface area contributed by atoms with Crippen LogP contribution in [0, 0.1) is 39.8 Å². The quantitative estimate of drug-likeness (QED) is 0.226. The van der Waals surface area contributed by atoms with E-state index in [0.717, 1.165) is 6.92 Å². The number of phenolic OH excluding ortho intramolecular Hbond substituents is 1. The first-order valence-corrected chi connectivity index (χ1v) is 12.0. The molecule has 0 aliphatic carbocycles. The number of carbonyl (C=O) groups excluding carboxylic acids is 2. The molecule has 0 aliphatic rings. The van der Waals surface area contributed by atoms with Gasteiger partial charge in [0.1, 0.15) is 24.0 Å². The number of ether oxygens (including phenoxy) is 1. The number of para-hydroxylation sites is 2. The molecule has 3 aromatic rings. The third-order valence-corrected chi connectivity index (χ3v) is 5.39. The van der Waals surface area contributed by atoms with E-state index < -0.39 is 17.8 Å². The average Bonchev–Trinajstić information content (AvgIpc) is 2.84. The van der Waals surface area contributed by atoms with Gasteiger partial charge in [0.25, 0.3) is 0 Å². The molecule has 0 aromatic heterocycles. The number of carboxylic acids is 1. The largest absolute Gasteiger partial charge is 1.00 e. The Morgan fingerprint density at radius 3 is 1.59 bits per heavy atom. The van der Waals surface area contributed by atoms with Gasteiger partial charge in [0.05, 0.1) is 30.1 Å². The summed E-state index contributed by atoms with van der Waals surface area (Å²) in [5.41, 5.74) is 0.688. The van der Waals surface area contributed by atoms with E-state index in [4.69, 9.17) is 35.5 Å². The Kier molecular flexibility index (Phi) is 24.0. The number of carbonyl (C=O) groups is 2. The summed E-state index contributed by atoms with van der Waals surface area (Å²) in [5.74, 6) is -1.74. The number of halogens is 4. The topological polar surface area (TPSA) is 158 Å². The molecule has 8 nitrogen and oxygen atoms in total. The van der Waals surface area contributed by atoms with Crippen LogP contribution < -0.4 is 61.2 Å². The number of benzene rings is 3. The number of aliphatic carboxylic acids is 1. The van der Waals surface area contributed by atoms with Crippen molar-refractivity contribution >= 4 is 59.7 Å². The Balaban J connectivity index is -0.000000459. The molecule has 39 heavy (non-hydrogen) atoms. The SMILES string of the molecule is C.CC(=O)Oc1c(Br)cccc1C#N.CC(=O)[O-].N#Cc1cccc(Br)c1F.N#Cc1cccc(Br)c1O.[K+]. The van der Waals surface area contributed by atoms with Gasteiger partial charge in [0.2, 0.25) is 0 Å². The molecule has 13 heteroatoms. The molecule has 3 aromatic carbocycles. The summed E-state index contributed by atoms with van der Waals surface area (Å²) in [7, 11) is 0. The van der Waals surface area contributed by atoms with E-state index in [0.29, 0.717) is 19.0 Å². The van der Waals surface area contributed by atoms with Crippen LogP contribution in [0.4, 0.5) is 4.39 Å². The average molecular weight is 752 g/mol. The van der Waals surface area contributed by atoms with Crippen LogP contribution in [0.15, 0.2) is 68.0 Å². The van der Waals surface area contributed by atoms with Crippen molar-refractivity contribution in [1.29, 1.82) is 15.8 Å². The van der Waals surface area contributed by atoms with E-state index in [2.05, 4.69) is 47.8 Å². The zero-order chi connectivity index (χ0) is 28.5. The summed E-state index contributed by atoms with van der Waals surface area (Å²) < 4.78 is 19.1. The normalized spacial score (nSPS) is 8.18. The Bertz CT molecular complexity index is 1320. The first kappa shape index (κ1) is 41.4. The zero-order valence-corrected chi connectivity index (χ0v) is 28.0. The number of nitriles is 3. The van der Waals surface area contributed by atoms with Crippen LogP contribution in [0.3, 0.4) is 0 Å². The minimum Gasteiger partial charge on any atom is -0.550 e. The number of rotatable bonds is 1. The molecule has 0 unspecified atom stereocenters. The Hall–Kier alpha value is -2.12. The van der Waals surface area contributed by atoms with Crippen molar-refractivity contribution in [3.05, 3.63) is 90.5 Å². The van der Waals surface area contributed by atoms with Gasteiger partial charge in [0.15, 0.2) is 11.6 Å². The summed E-state index contributed by atoms with van der Waals surface area (Å²) >= 11 is 9.23. The van der Waals surface area contributed by atoms with Crippen LogP contribution in [0.25, 0.3) is 0 Å². The summed E-state index contributed by atoms with van der Waals surface area (Å²) in [5, 5.41) is 43.5. The van der Waals surface area contributed by atoms with Gasteiger partial charge in [-0.05, 0) is 91.1 Å². The Labute approximate surface area is 293 Å². The number of hydrogen-bond donors (Lipinski definition) is 1. The molecule has 198 valence electrons. The van der Waals surface area contributed by atoms with Gasteiger partial charge in [-0.25, -0.2) is 4.39 Å². The zero-order valence-electron chi connectivity index (χ0n) is 20.1. The van der Waals surface area contributed by atoms with Crippen LogP contribution in [-0.2, 0) is 9.59 Å². The minimum atomic E-state index is -1.08. The molecule has 0 radical (unpaired) electrons. The molecule has 0 heterocycles. The molecular formula is C26H20Br3FKN3O5. The summed E-state index contributed by atoms with van der Waals surface area (Å²) in [4.78, 5) is 19.6. The second kappa shape index (κ2) is 22.7. The summed E-state index contributed by atoms with van der Waals surface area (Å²) in [6, 6.07) is 20.0. The van der Waals surface area contributed by atoms with E-state index in [1.807, 2.05) is 12.1 Å². The van der Waals surface area contributed by atoms with Crippen molar-refractivity contribution in [1.82, 2.24) is 0 Å². The fraction of sp³-hybridized carbons (Fsp3) is 0.115. The fourth-order valence-corrected chi connectivity index (χ4v) is 3.22. The molecule has 0 fully saturated rings. The van der Waals surface area contributed by atoms with Gasteiger partial charge < -0.3 is 19.7 Å². The van der Waals surface area contributed by atoms with E-state index in [-0.39, 0.29) is 81.4 Å². The van der Waals surface area contributed by atoms with Gasteiger partial charge in [-0.3, -0.25) is 4.79 Å². The first-order chi connectivity index (χ1) is 17.4. The van der Waals surface area contributed by atoms with Crippen LogP contribution in [0.5, 0.6) is 11.5 Å². The Morgan fingerprint density at radius 2 is 1.21 bits per heavy atom. The van der Waals surface area contributed by atoms with E-state index in [9.17, 15) is 9.18 Å². The predicted octanol–water partition coefficient (Wildman–Crippen LogP) is 3.13. The van der Waals surface area contributed by atoms with Gasteiger partial charge in [-0.1, -0.05) is 25.6 Å². The molecule has 0 spiro atoms. The molecule has 1 N–H and O–H groups in total. The van der Waals surface area contributed by atoms with Crippen LogP contribution in [0.1, 0.15) is 38.0 Å². The molecule has 3 rings (SSSR count). The monoisotopic (exact) mass is 749 g/mol. The third-order valence-electron chi connectivity index (χ3n) is 3.51. The predicted molar refractivity (Wildman–Crippen MR) is 147 cm³/mol. The van der Waals surface area contributed by atoms with Crippen molar-refractivity contribution in [2.45, 2.75) is 21.3 Å². The third kappa shape index (κ3) is 16.6. The van der Waals surface area contributed by atoms with Crippen molar-refractivity contribution in [3.8, 4) is 29.7 Å². The molecule has 0 bridgehead atoms. The van der Waals surface area contributed by atoms with Crippen molar-refractivity contribution in [2.24, 2.45) is 0 Å². The smallest absolute Gasteiger partial charge is 0.550 e. The molecule has 0 atom stereocenters. The van der Waals surface area contributed by atoms with E-state index in [1.165, 1.54) is 13.0 Å². The molecule has 0 aliphatic heterocycles. The van der Waals surface area contributed by atoms with Crippen molar-refractivity contribution in [2.75, 3.05) is 0 Å². The van der Waals surface area contributed by atoms with Crippen molar-refractivity contribution in [3.63, 3.8) is 0 Å². The number of hydrogen-bond acceptors (Lipinski definition) is 8. The molecule has 0 saturated heterocycles.